The van der Waals surface area contributed by atoms with Crippen molar-refractivity contribution in [2.75, 3.05) is 18.9 Å². The Kier molecular flexibility index (Phi) is 8.04. The molecule has 4 aromatic rings. The molecule has 0 bridgehead atoms. The third kappa shape index (κ3) is 5.67. The second kappa shape index (κ2) is 12.2. The first-order valence-corrected chi connectivity index (χ1v) is 14.5. The van der Waals surface area contributed by atoms with Crippen molar-refractivity contribution < 1.29 is 14.6 Å². The Hall–Kier alpha value is -4.45. The van der Waals surface area contributed by atoms with Gasteiger partial charge in [0.25, 0.3) is 0 Å². The highest BCUT2D eigenvalue weighted by atomic mass is 16.5. The van der Waals surface area contributed by atoms with Crippen LogP contribution in [0.25, 0.3) is 11.1 Å². The normalized spacial score (nSPS) is 16.0. The van der Waals surface area contributed by atoms with E-state index in [2.05, 4.69) is 40.0 Å². The molecule has 0 spiro atoms. The fourth-order valence-corrected chi connectivity index (χ4v) is 6.00. The molecule has 1 saturated heterocycles. The first-order chi connectivity index (χ1) is 20.5. The summed E-state index contributed by atoms with van der Waals surface area (Å²) in [5.41, 5.74) is 15.2. The Morgan fingerprint density at radius 1 is 1.05 bits per heavy atom. The van der Waals surface area contributed by atoms with Gasteiger partial charge in [-0.3, -0.25) is 9.88 Å². The van der Waals surface area contributed by atoms with Gasteiger partial charge in [0.05, 0.1) is 12.2 Å². The van der Waals surface area contributed by atoms with E-state index in [1.807, 2.05) is 24.3 Å². The highest BCUT2D eigenvalue weighted by molar-refractivity contribution is 5.68. The molecule has 42 heavy (non-hydrogen) atoms. The third-order valence-corrected chi connectivity index (χ3v) is 8.52. The summed E-state index contributed by atoms with van der Waals surface area (Å²) in [5.74, 6) is 2.14. The Balaban J connectivity index is 1.30. The zero-order valence-corrected chi connectivity index (χ0v) is 23.8. The van der Waals surface area contributed by atoms with Crippen LogP contribution in [0.3, 0.4) is 0 Å². The molecule has 1 atom stereocenters. The summed E-state index contributed by atoms with van der Waals surface area (Å²) in [6, 6.07) is 16.2. The lowest BCUT2D eigenvalue weighted by Crippen LogP contribution is -2.49. The molecular formula is C34H35N5O3. The first kappa shape index (κ1) is 27.7. The van der Waals surface area contributed by atoms with E-state index in [9.17, 15) is 10.4 Å². The number of anilines is 1. The molecule has 0 radical (unpaired) electrons. The van der Waals surface area contributed by atoms with E-state index in [1.54, 1.807) is 24.7 Å². The van der Waals surface area contributed by atoms with Gasteiger partial charge in [-0.15, -0.1) is 0 Å². The number of benzene rings is 2. The first-order valence-electron chi connectivity index (χ1n) is 14.5. The van der Waals surface area contributed by atoms with Gasteiger partial charge in [-0.1, -0.05) is 18.2 Å². The number of hydrogen-bond acceptors (Lipinski definition) is 8. The van der Waals surface area contributed by atoms with E-state index < -0.39 is 0 Å². The summed E-state index contributed by atoms with van der Waals surface area (Å²) in [4.78, 5) is 10.8. The molecular weight excluding hydrogens is 526 g/mol. The molecule has 1 aliphatic carbocycles. The molecule has 214 valence electrons. The van der Waals surface area contributed by atoms with E-state index in [4.69, 9.17) is 15.2 Å². The number of aliphatic hydroxyl groups is 1. The minimum atomic E-state index is 0.164. The fourth-order valence-electron chi connectivity index (χ4n) is 6.00. The maximum absolute atomic E-state index is 9.81. The topological polar surface area (TPSA) is 118 Å². The number of rotatable bonds is 10. The van der Waals surface area contributed by atoms with Crippen molar-refractivity contribution in [2.45, 2.75) is 58.4 Å². The minimum absolute atomic E-state index is 0.164. The van der Waals surface area contributed by atoms with Crippen LogP contribution < -0.4 is 15.2 Å². The minimum Gasteiger partial charge on any atom is -0.488 e. The van der Waals surface area contributed by atoms with Crippen molar-refractivity contribution in [3.8, 4) is 28.7 Å². The van der Waals surface area contributed by atoms with Crippen LogP contribution in [0.15, 0.2) is 61.1 Å². The molecule has 0 saturated carbocycles. The Labute approximate surface area is 246 Å². The van der Waals surface area contributed by atoms with Gasteiger partial charge < -0.3 is 20.3 Å². The zero-order valence-electron chi connectivity index (χ0n) is 23.8. The highest BCUT2D eigenvalue weighted by Crippen LogP contribution is 2.41. The van der Waals surface area contributed by atoms with Gasteiger partial charge in [0.15, 0.2) is 0 Å². The van der Waals surface area contributed by atoms with Crippen molar-refractivity contribution in [3.63, 3.8) is 0 Å². The number of nitrogen functional groups attached to an aromatic ring is 1. The lowest BCUT2D eigenvalue weighted by molar-refractivity contribution is 0.0346. The Bertz CT molecular complexity index is 1630. The molecule has 0 amide bonds. The monoisotopic (exact) mass is 561 g/mol. The average Bonchev–Trinajstić information content (AvgIpc) is 3.49. The van der Waals surface area contributed by atoms with Crippen LogP contribution in [0.5, 0.6) is 11.5 Å². The van der Waals surface area contributed by atoms with Crippen molar-refractivity contribution in [2.24, 2.45) is 0 Å². The van der Waals surface area contributed by atoms with Gasteiger partial charge in [-0.05, 0) is 78.6 Å². The number of nitrogens with two attached hydrogens (primary N) is 1. The number of pyridine rings is 2. The van der Waals surface area contributed by atoms with E-state index >= 15 is 0 Å². The molecule has 3 heterocycles. The fraction of sp³-hybridized carbons (Fsp3) is 0.324. The van der Waals surface area contributed by atoms with Crippen molar-refractivity contribution in [1.82, 2.24) is 14.9 Å². The molecule has 2 aliphatic rings. The summed E-state index contributed by atoms with van der Waals surface area (Å²) >= 11 is 0. The van der Waals surface area contributed by atoms with E-state index in [-0.39, 0.29) is 12.6 Å². The standard InChI is InChI=1S/C34H35N5O3/c1-22-26(4-2-5-28(22)25-8-9-34(36)38-17-25)21-42-32-13-33(41-20-24-12-23(14-35)15-37-16-24)31(29-6-3-7-30(29)32)18-39-11-10-27(39)19-40/h2,4-5,8-9,12-13,15-17,27,40H,3,6-7,10-11,18-21H2,1H3,(H2,36,38)/t27-/m0/s1. The molecule has 1 fully saturated rings. The number of aromatic nitrogens is 2. The van der Waals surface area contributed by atoms with Gasteiger partial charge in [0.1, 0.15) is 36.6 Å². The number of hydrogen-bond donors (Lipinski definition) is 2. The molecule has 0 unspecified atom stereocenters. The zero-order chi connectivity index (χ0) is 29.1. The maximum atomic E-state index is 9.81. The summed E-state index contributed by atoms with van der Waals surface area (Å²) in [7, 11) is 0. The largest absolute Gasteiger partial charge is 0.488 e. The molecule has 2 aromatic carbocycles. The van der Waals surface area contributed by atoms with Crippen LogP contribution >= 0.6 is 0 Å². The van der Waals surface area contributed by atoms with E-state index in [0.717, 1.165) is 78.1 Å². The lowest BCUT2D eigenvalue weighted by atomic mass is 9.96. The Morgan fingerprint density at radius 3 is 2.67 bits per heavy atom. The summed E-state index contributed by atoms with van der Waals surface area (Å²) < 4.78 is 13.0. The smallest absolute Gasteiger partial charge is 0.128 e. The number of likely N-dealkylation sites (tertiary alicyclic amines) is 1. The van der Waals surface area contributed by atoms with Crippen molar-refractivity contribution in [3.05, 3.63) is 100.0 Å². The second-order valence-corrected chi connectivity index (χ2v) is 11.1. The molecule has 1 aliphatic heterocycles. The van der Waals surface area contributed by atoms with Gasteiger partial charge in [-0.2, -0.15) is 5.26 Å². The molecule has 2 aromatic heterocycles. The average molecular weight is 562 g/mol. The molecule has 8 nitrogen and oxygen atoms in total. The van der Waals surface area contributed by atoms with Gasteiger partial charge in [0, 0.05) is 60.5 Å². The van der Waals surface area contributed by atoms with Crippen LogP contribution in [-0.2, 0) is 32.6 Å². The van der Waals surface area contributed by atoms with Crippen LogP contribution in [0.2, 0.25) is 0 Å². The van der Waals surface area contributed by atoms with Crippen LogP contribution in [-0.4, -0.2) is 39.2 Å². The predicted octanol–water partition coefficient (Wildman–Crippen LogP) is 5.12. The molecule has 8 heteroatoms. The number of fused-ring (bicyclic) bond motifs is 1. The number of aliphatic hydroxyl groups excluding tert-OH is 1. The van der Waals surface area contributed by atoms with Crippen LogP contribution in [0.1, 0.15) is 51.8 Å². The Morgan fingerprint density at radius 2 is 1.90 bits per heavy atom. The SMILES string of the molecule is Cc1c(COc2cc(OCc3cncc(C#N)c3)c(CN3CC[C@H]3CO)c3c2CCC3)cccc1-c1ccc(N)nc1. The van der Waals surface area contributed by atoms with Crippen LogP contribution in [0.4, 0.5) is 5.82 Å². The maximum Gasteiger partial charge on any atom is 0.128 e. The third-order valence-electron chi connectivity index (χ3n) is 8.52. The number of nitriles is 1. The molecule has 3 N–H and O–H groups in total. The summed E-state index contributed by atoms with van der Waals surface area (Å²) in [6.45, 7) is 4.70. The van der Waals surface area contributed by atoms with Gasteiger partial charge >= 0.3 is 0 Å². The van der Waals surface area contributed by atoms with Crippen LogP contribution in [0, 0.1) is 18.3 Å². The number of nitrogens with zero attached hydrogens (tertiary/aromatic N) is 4. The van der Waals surface area contributed by atoms with Crippen molar-refractivity contribution >= 4 is 5.82 Å². The van der Waals surface area contributed by atoms with Gasteiger partial charge in [-0.25, -0.2) is 4.98 Å². The molecule has 6 rings (SSSR count). The summed E-state index contributed by atoms with van der Waals surface area (Å²) in [6.07, 6.45) is 9.10. The summed E-state index contributed by atoms with van der Waals surface area (Å²) in [5, 5.41) is 19.1. The van der Waals surface area contributed by atoms with E-state index in [1.165, 1.54) is 16.7 Å². The second-order valence-electron chi connectivity index (χ2n) is 11.1. The predicted molar refractivity (Wildman–Crippen MR) is 161 cm³/mol. The number of ether oxygens (including phenoxy) is 2. The quantitative estimate of drug-likeness (QED) is 0.274. The van der Waals surface area contributed by atoms with Crippen molar-refractivity contribution in [1.29, 1.82) is 5.26 Å². The highest BCUT2D eigenvalue weighted by Gasteiger charge is 2.31. The van der Waals surface area contributed by atoms with E-state index in [0.29, 0.717) is 24.6 Å². The lowest BCUT2D eigenvalue weighted by Gasteiger charge is -2.40. The van der Waals surface area contributed by atoms with Gasteiger partial charge in [0.2, 0.25) is 0 Å².